The molecule has 1 N–H and O–H groups in total. The first-order valence-corrected chi connectivity index (χ1v) is 7.68. The van der Waals surface area contributed by atoms with E-state index in [4.69, 9.17) is 0 Å². The number of piperazine rings is 1. The molecule has 0 radical (unpaired) electrons. The fourth-order valence-corrected chi connectivity index (χ4v) is 3.17. The second-order valence-electron chi connectivity index (χ2n) is 5.39. The molecule has 1 aromatic heterocycles. The predicted octanol–water partition coefficient (Wildman–Crippen LogP) is 3.43. The van der Waals surface area contributed by atoms with Crippen molar-refractivity contribution < 1.29 is 0 Å². The maximum absolute atomic E-state index is 4.25. The Bertz CT molecular complexity index is 409. The van der Waals surface area contributed by atoms with Gasteiger partial charge in [0.15, 0.2) is 0 Å². The molecule has 20 heavy (non-hydrogen) atoms. The Morgan fingerprint density at radius 2 is 2.00 bits per heavy atom. The van der Waals surface area contributed by atoms with Crippen molar-refractivity contribution >= 4 is 40.7 Å². The molecule has 1 saturated carbocycles. The maximum Gasteiger partial charge on any atom is 0.106 e. The Balaban J connectivity index is 0.000001000. The lowest BCUT2D eigenvalue weighted by Crippen LogP contribution is -2.45. The topological polar surface area (TPSA) is 28.2 Å². The molecule has 2 fully saturated rings. The molecule has 2 heterocycles. The average molecular weight is 383 g/mol. The first-order valence-electron chi connectivity index (χ1n) is 6.89. The van der Waals surface area contributed by atoms with Crippen LogP contribution in [0, 0.1) is 5.92 Å². The lowest BCUT2D eigenvalue weighted by molar-refractivity contribution is 0.160. The molecule has 114 valence electrons. The standard InChI is InChI=1S/C14H20BrN3.2ClH/c15-14-10-12(3-4-17-14)13(9-11-1-2-11)18-7-5-16-6-8-18;;/h3-4,10-11,13,16H,1-2,5-9H2;2*1H/t13-;;/m0../s1. The number of hydrogen-bond donors (Lipinski definition) is 1. The molecule has 1 saturated heterocycles. The molecule has 1 atom stereocenters. The van der Waals surface area contributed by atoms with Crippen molar-refractivity contribution in [3.63, 3.8) is 0 Å². The smallest absolute Gasteiger partial charge is 0.106 e. The van der Waals surface area contributed by atoms with Crippen LogP contribution in [-0.2, 0) is 0 Å². The van der Waals surface area contributed by atoms with Gasteiger partial charge in [0.05, 0.1) is 0 Å². The van der Waals surface area contributed by atoms with Gasteiger partial charge in [0, 0.05) is 38.4 Å². The monoisotopic (exact) mass is 381 g/mol. The van der Waals surface area contributed by atoms with Gasteiger partial charge < -0.3 is 5.32 Å². The molecule has 1 aliphatic carbocycles. The number of hydrogen-bond acceptors (Lipinski definition) is 3. The van der Waals surface area contributed by atoms with Crippen LogP contribution in [0.15, 0.2) is 22.9 Å². The van der Waals surface area contributed by atoms with Gasteiger partial charge in [-0.25, -0.2) is 4.98 Å². The maximum atomic E-state index is 4.25. The molecular weight excluding hydrogens is 361 g/mol. The number of pyridine rings is 1. The van der Waals surface area contributed by atoms with Gasteiger partial charge >= 0.3 is 0 Å². The average Bonchev–Trinajstić information content (AvgIpc) is 3.21. The number of nitrogens with zero attached hydrogens (tertiary/aromatic N) is 2. The predicted molar refractivity (Wildman–Crippen MR) is 91.0 cm³/mol. The summed E-state index contributed by atoms with van der Waals surface area (Å²) in [4.78, 5) is 6.88. The van der Waals surface area contributed by atoms with Gasteiger partial charge in [0.25, 0.3) is 0 Å². The highest BCUT2D eigenvalue weighted by molar-refractivity contribution is 9.10. The highest BCUT2D eigenvalue weighted by atomic mass is 79.9. The van der Waals surface area contributed by atoms with E-state index in [1.807, 2.05) is 6.20 Å². The van der Waals surface area contributed by atoms with Crippen LogP contribution in [0.5, 0.6) is 0 Å². The van der Waals surface area contributed by atoms with Crippen LogP contribution < -0.4 is 5.32 Å². The molecule has 1 aromatic rings. The number of halogens is 3. The third-order valence-electron chi connectivity index (χ3n) is 3.98. The molecule has 6 heteroatoms. The van der Waals surface area contributed by atoms with Gasteiger partial charge in [0.1, 0.15) is 4.60 Å². The van der Waals surface area contributed by atoms with Crippen LogP contribution >= 0.6 is 40.7 Å². The third kappa shape index (κ3) is 4.85. The van der Waals surface area contributed by atoms with Crippen LogP contribution in [0.4, 0.5) is 0 Å². The molecule has 3 nitrogen and oxygen atoms in total. The van der Waals surface area contributed by atoms with Crippen molar-refractivity contribution in [3.8, 4) is 0 Å². The van der Waals surface area contributed by atoms with Gasteiger partial charge in [-0.15, -0.1) is 24.8 Å². The van der Waals surface area contributed by atoms with E-state index in [2.05, 4.69) is 43.3 Å². The second-order valence-corrected chi connectivity index (χ2v) is 6.21. The van der Waals surface area contributed by atoms with Crippen molar-refractivity contribution in [2.45, 2.75) is 25.3 Å². The van der Waals surface area contributed by atoms with E-state index in [0.29, 0.717) is 6.04 Å². The van der Waals surface area contributed by atoms with E-state index in [1.54, 1.807) is 0 Å². The Kier molecular flexibility index (Phi) is 7.77. The van der Waals surface area contributed by atoms with Gasteiger partial charge in [-0.2, -0.15) is 0 Å². The minimum atomic E-state index is 0. The van der Waals surface area contributed by atoms with E-state index in [9.17, 15) is 0 Å². The van der Waals surface area contributed by atoms with Gasteiger partial charge in [-0.3, -0.25) is 4.90 Å². The first-order chi connectivity index (χ1) is 8.83. The summed E-state index contributed by atoms with van der Waals surface area (Å²) in [6.07, 6.45) is 6.08. The van der Waals surface area contributed by atoms with E-state index in [0.717, 1.165) is 36.7 Å². The SMILES string of the molecule is Brc1cc([C@H](CC2CC2)N2CCNCC2)ccn1.Cl.Cl. The molecule has 0 aromatic carbocycles. The summed E-state index contributed by atoms with van der Waals surface area (Å²) in [5, 5.41) is 3.44. The zero-order valence-electron chi connectivity index (χ0n) is 11.4. The third-order valence-corrected chi connectivity index (χ3v) is 4.41. The molecule has 3 rings (SSSR count). The second kappa shape index (κ2) is 8.54. The van der Waals surface area contributed by atoms with Crippen molar-refractivity contribution in [2.24, 2.45) is 5.92 Å². The number of nitrogens with one attached hydrogen (secondary N) is 1. The molecule has 0 unspecified atom stereocenters. The minimum Gasteiger partial charge on any atom is -0.314 e. The lowest BCUT2D eigenvalue weighted by Gasteiger charge is -2.35. The zero-order valence-corrected chi connectivity index (χ0v) is 14.6. The van der Waals surface area contributed by atoms with E-state index in [-0.39, 0.29) is 24.8 Å². The fourth-order valence-electron chi connectivity index (χ4n) is 2.78. The molecule has 1 aliphatic heterocycles. The summed E-state index contributed by atoms with van der Waals surface area (Å²) in [6.45, 7) is 4.56. The summed E-state index contributed by atoms with van der Waals surface area (Å²) in [5.41, 5.74) is 1.42. The Labute approximate surface area is 141 Å². The molecule has 0 bridgehead atoms. The number of aromatic nitrogens is 1. The van der Waals surface area contributed by atoms with Crippen molar-refractivity contribution in [3.05, 3.63) is 28.5 Å². The van der Waals surface area contributed by atoms with Crippen LogP contribution in [-0.4, -0.2) is 36.1 Å². The quantitative estimate of drug-likeness (QED) is 0.808. The highest BCUT2D eigenvalue weighted by Crippen LogP contribution is 2.40. The van der Waals surface area contributed by atoms with Crippen molar-refractivity contribution in [2.75, 3.05) is 26.2 Å². The lowest BCUT2D eigenvalue weighted by atomic mass is 10.00. The van der Waals surface area contributed by atoms with E-state index >= 15 is 0 Å². The summed E-state index contributed by atoms with van der Waals surface area (Å²) < 4.78 is 0.955. The van der Waals surface area contributed by atoms with E-state index < -0.39 is 0 Å². The van der Waals surface area contributed by atoms with Crippen LogP contribution in [0.2, 0.25) is 0 Å². The first kappa shape index (κ1) is 18.2. The number of rotatable bonds is 4. The van der Waals surface area contributed by atoms with Crippen molar-refractivity contribution in [1.82, 2.24) is 15.2 Å². The Hall–Kier alpha value is 0.130. The fraction of sp³-hybridized carbons (Fsp3) is 0.643. The molecule has 0 amide bonds. The summed E-state index contributed by atoms with van der Waals surface area (Å²) in [7, 11) is 0. The zero-order chi connectivity index (χ0) is 12.4. The summed E-state index contributed by atoms with van der Waals surface area (Å²) in [6, 6.07) is 4.95. The molecule has 2 aliphatic rings. The van der Waals surface area contributed by atoms with Crippen LogP contribution in [0.3, 0.4) is 0 Å². The van der Waals surface area contributed by atoms with Gasteiger partial charge in [-0.1, -0.05) is 12.8 Å². The minimum absolute atomic E-state index is 0. The normalized spacial score (nSPS) is 20.6. The van der Waals surface area contributed by atoms with Crippen LogP contribution in [0.1, 0.15) is 30.9 Å². The summed E-state index contributed by atoms with van der Waals surface area (Å²) >= 11 is 3.49. The highest BCUT2D eigenvalue weighted by Gasteiger charge is 2.30. The summed E-state index contributed by atoms with van der Waals surface area (Å²) in [5.74, 6) is 0.955. The van der Waals surface area contributed by atoms with Gasteiger partial charge in [-0.05, 0) is 46.0 Å². The van der Waals surface area contributed by atoms with E-state index in [1.165, 1.54) is 24.8 Å². The molecule has 0 spiro atoms. The van der Waals surface area contributed by atoms with Gasteiger partial charge in [0.2, 0.25) is 0 Å². The van der Waals surface area contributed by atoms with Crippen molar-refractivity contribution in [1.29, 1.82) is 0 Å². The van der Waals surface area contributed by atoms with Crippen LogP contribution in [0.25, 0.3) is 0 Å². The largest absolute Gasteiger partial charge is 0.314 e. The Morgan fingerprint density at radius 1 is 1.30 bits per heavy atom. The molecular formula is C14H22BrCl2N3. The Morgan fingerprint density at radius 3 is 2.60 bits per heavy atom.